The molecule has 0 unspecified atom stereocenters. The number of nitrogens with zero attached hydrogens (tertiary/aromatic N) is 4. The normalized spacial score (nSPS) is 14.9. The number of hydrogen-bond donors (Lipinski definition) is 1. The highest BCUT2D eigenvalue weighted by molar-refractivity contribution is 7.92. The lowest BCUT2D eigenvalue weighted by atomic mass is 10.1. The summed E-state index contributed by atoms with van der Waals surface area (Å²) in [6.45, 7) is 1.81. The molecule has 146 valence electrons. The van der Waals surface area contributed by atoms with Crippen molar-refractivity contribution in [2.75, 3.05) is 41.7 Å². The molecule has 2 heterocycles. The molecule has 0 amide bonds. The van der Waals surface area contributed by atoms with Gasteiger partial charge < -0.3 is 9.80 Å². The Morgan fingerprint density at radius 3 is 2.44 bits per heavy atom. The van der Waals surface area contributed by atoms with Crippen LogP contribution in [-0.2, 0) is 10.0 Å². The van der Waals surface area contributed by atoms with E-state index < -0.39 is 10.0 Å². The molecule has 0 atom stereocenters. The molecule has 2 aromatic rings. The number of rotatable bonds is 5. The van der Waals surface area contributed by atoms with Crippen molar-refractivity contribution in [1.29, 1.82) is 0 Å². The zero-order chi connectivity index (χ0) is 19.6. The zero-order valence-corrected chi connectivity index (χ0v) is 17.4. The van der Waals surface area contributed by atoms with Crippen molar-refractivity contribution in [3.8, 4) is 0 Å². The van der Waals surface area contributed by atoms with Gasteiger partial charge in [0.15, 0.2) is 5.82 Å². The van der Waals surface area contributed by atoms with Crippen molar-refractivity contribution in [1.82, 2.24) is 9.97 Å². The maximum Gasteiger partial charge on any atom is 0.262 e. The van der Waals surface area contributed by atoms with Gasteiger partial charge in [0.2, 0.25) is 5.95 Å². The van der Waals surface area contributed by atoms with E-state index in [2.05, 4.69) is 19.6 Å². The van der Waals surface area contributed by atoms with E-state index >= 15 is 0 Å². The van der Waals surface area contributed by atoms with Gasteiger partial charge in [0.1, 0.15) is 5.69 Å². The minimum atomic E-state index is -3.86. The second-order valence-corrected chi connectivity index (χ2v) is 9.03. The van der Waals surface area contributed by atoms with Gasteiger partial charge in [-0.15, -0.1) is 0 Å². The van der Waals surface area contributed by atoms with Gasteiger partial charge >= 0.3 is 0 Å². The topological polar surface area (TPSA) is 78.4 Å². The number of piperidine rings is 1. The van der Waals surface area contributed by atoms with Gasteiger partial charge in [-0.25, -0.2) is 13.4 Å². The third-order valence-electron chi connectivity index (χ3n) is 4.26. The predicted octanol–water partition coefficient (Wildman–Crippen LogP) is 3.64. The Morgan fingerprint density at radius 1 is 1.11 bits per heavy atom. The van der Waals surface area contributed by atoms with Crippen molar-refractivity contribution in [3.63, 3.8) is 0 Å². The summed E-state index contributed by atoms with van der Waals surface area (Å²) in [5, 5.41) is 0.461. The van der Waals surface area contributed by atoms with E-state index in [9.17, 15) is 8.42 Å². The average molecular weight is 430 g/mol. The molecule has 1 aromatic carbocycles. The molecule has 0 spiro atoms. The predicted molar refractivity (Wildman–Crippen MR) is 110 cm³/mol. The summed E-state index contributed by atoms with van der Waals surface area (Å²) in [4.78, 5) is 12.8. The van der Waals surface area contributed by atoms with Gasteiger partial charge in [0.05, 0.1) is 21.1 Å². The summed E-state index contributed by atoms with van der Waals surface area (Å²) in [6.07, 6.45) is 4.92. The highest BCUT2D eigenvalue weighted by Gasteiger charge is 2.21. The molecule has 27 heavy (non-hydrogen) atoms. The van der Waals surface area contributed by atoms with E-state index in [1.165, 1.54) is 30.8 Å². The molecule has 1 aliphatic rings. The van der Waals surface area contributed by atoms with Crippen LogP contribution in [-0.4, -0.2) is 45.6 Å². The molecular weight excluding hydrogens is 409 g/mol. The molecule has 1 saturated heterocycles. The highest BCUT2D eigenvalue weighted by atomic mass is 35.5. The first kappa shape index (κ1) is 20.0. The third-order valence-corrected chi connectivity index (χ3v) is 6.37. The third kappa shape index (κ3) is 4.56. The maximum absolute atomic E-state index is 12.7. The Kier molecular flexibility index (Phi) is 5.98. The molecule has 1 aromatic heterocycles. The van der Waals surface area contributed by atoms with Gasteiger partial charge in [-0.3, -0.25) is 4.72 Å². The summed E-state index contributed by atoms with van der Waals surface area (Å²) in [5.41, 5.74) is 0.298. The molecule has 3 rings (SSSR count). The van der Waals surface area contributed by atoms with E-state index in [1.54, 1.807) is 19.0 Å². The molecule has 7 nitrogen and oxygen atoms in total. The summed E-state index contributed by atoms with van der Waals surface area (Å²) < 4.78 is 28.0. The first-order valence-electron chi connectivity index (χ1n) is 8.55. The molecule has 10 heteroatoms. The molecule has 0 aliphatic carbocycles. The number of halogens is 2. The lowest BCUT2D eigenvalue weighted by molar-refractivity contribution is 0.568. The number of aromatic nitrogens is 2. The SMILES string of the molecule is CN(C)c1nc(N2CCCCC2)ncc1NS(=O)(=O)c1ccc(Cl)c(Cl)c1. The molecule has 0 saturated carbocycles. The summed E-state index contributed by atoms with van der Waals surface area (Å²) in [5.74, 6) is 1.10. The van der Waals surface area contributed by atoms with Crippen LogP contribution in [0.15, 0.2) is 29.3 Å². The first-order valence-corrected chi connectivity index (χ1v) is 10.8. The average Bonchev–Trinajstić information content (AvgIpc) is 2.64. The van der Waals surface area contributed by atoms with E-state index in [4.69, 9.17) is 23.2 Å². The standard InChI is InChI=1S/C17H21Cl2N5O2S/c1-23(2)16-15(11-20-17(21-16)24-8-4-3-5-9-24)22-27(25,26)12-6-7-13(18)14(19)10-12/h6-7,10-11,22H,3-5,8-9H2,1-2H3. The molecule has 1 fully saturated rings. The Balaban J connectivity index is 1.92. The van der Waals surface area contributed by atoms with Crippen molar-refractivity contribution in [3.05, 3.63) is 34.4 Å². The number of sulfonamides is 1. The lowest BCUT2D eigenvalue weighted by Crippen LogP contribution is -2.31. The number of hydrogen-bond acceptors (Lipinski definition) is 6. The van der Waals surface area contributed by atoms with Crippen LogP contribution in [0.3, 0.4) is 0 Å². The van der Waals surface area contributed by atoms with Crippen LogP contribution in [0, 0.1) is 0 Å². The Bertz CT molecular complexity index is 931. The van der Waals surface area contributed by atoms with Crippen molar-refractivity contribution in [2.24, 2.45) is 0 Å². The quantitative estimate of drug-likeness (QED) is 0.781. The molecule has 0 bridgehead atoms. The fourth-order valence-corrected chi connectivity index (χ4v) is 4.31. The number of anilines is 3. The van der Waals surface area contributed by atoms with Crippen LogP contribution >= 0.6 is 23.2 Å². The van der Waals surface area contributed by atoms with Gasteiger partial charge in [-0.2, -0.15) is 4.98 Å². The summed E-state index contributed by atoms with van der Waals surface area (Å²) in [6, 6.07) is 4.15. The van der Waals surface area contributed by atoms with Crippen molar-refractivity contribution < 1.29 is 8.42 Å². The fraction of sp³-hybridized carbons (Fsp3) is 0.412. The highest BCUT2D eigenvalue weighted by Crippen LogP contribution is 2.29. The second kappa shape index (κ2) is 8.08. The molecule has 1 aliphatic heterocycles. The summed E-state index contributed by atoms with van der Waals surface area (Å²) in [7, 11) is -0.250. The summed E-state index contributed by atoms with van der Waals surface area (Å²) >= 11 is 11.8. The fourth-order valence-electron chi connectivity index (χ4n) is 2.87. The van der Waals surface area contributed by atoms with Crippen molar-refractivity contribution in [2.45, 2.75) is 24.2 Å². The second-order valence-electron chi connectivity index (χ2n) is 6.53. The van der Waals surface area contributed by atoms with E-state index in [1.807, 2.05) is 0 Å². The van der Waals surface area contributed by atoms with Crippen LogP contribution in [0.1, 0.15) is 19.3 Å². The Morgan fingerprint density at radius 2 is 1.81 bits per heavy atom. The van der Waals surface area contributed by atoms with Crippen LogP contribution in [0.4, 0.5) is 17.5 Å². The van der Waals surface area contributed by atoms with E-state index in [0.717, 1.165) is 25.9 Å². The first-order chi connectivity index (χ1) is 12.8. The van der Waals surface area contributed by atoms with Crippen LogP contribution < -0.4 is 14.5 Å². The number of nitrogens with one attached hydrogen (secondary N) is 1. The Labute approximate surface area is 169 Å². The molecular formula is C17H21Cl2N5O2S. The van der Waals surface area contributed by atoms with E-state index in [0.29, 0.717) is 22.5 Å². The van der Waals surface area contributed by atoms with Gasteiger partial charge in [-0.05, 0) is 37.5 Å². The number of benzene rings is 1. The minimum absolute atomic E-state index is 0.0155. The van der Waals surface area contributed by atoms with Crippen LogP contribution in [0.2, 0.25) is 10.0 Å². The smallest absolute Gasteiger partial charge is 0.262 e. The van der Waals surface area contributed by atoms with Crippen LogP contribution in [0.5, 0.6) is 0 Å². The van der Waals surface area contributed by atoms with Gasteiger partial charge in [-0.1, -0.05) is 23.2 Å². The zero-order valence-electron chi connectivity index (χ0n) is 15.1. The maximum atomic E-state index is 12.7. The van der Waals surface area contributed by atoms with Gasteiger partial charge in [0, 0.05) is 27.2 Å². The molecule has 1 N–H and O–H groups in total. The largest absolute Gasteiger partial charge is 0.361 e. The molecule has 0 radical (unpaired) electrons. The van der Waals surface area contributed by atoms with Crippen LogP contribution in [0.25, 0.3) is 0 Å². The van der Waals surface area contributed by atoms with Gasteiger partial charge in [0.25, 0.3) is 10.0 Å². The Hall–Kier alpha value is -1.77. The monoisotopic (exact) mass is 429 g/mol. The minimum Gasteiger partial charge on any atom is -0.361 e. The van der Waals surface area contributed by atoms with Crippen molar-refractivity contribution >= 4 is 50.7 Å². The lowest BCUT2D eigenvalue weighted by Gasteiger charge is -2.28. The van der Waals surface area contributed by atoms with E-state index in [-0.39, 0.29) is 9.92 Å².